The third-order valence-electron chi connectivity index (χ3n) is 1.29. The van der Waals surface area contributed by atoms with Gasteiger partial charge in [-0.25, -0.2) is 0 Å². The fourth-order valence-electron chi connectivity index (χ4n) is 0.495. The number of hydrogen-bond acceptors (Lipinski definition) is 4. The summed E-state index contributed by atoms with van der Waals surface area (Å²) in [7, 11) is -5.94. The second-order valence-corrected chi connectivity index (χ2v) is 11.2. The standard InChI is InChI=1S/C7H16O4SSi/c1-7(2,6-8)12(9,10)11-13(3,4)5/h6H,1-5H3. The molecule has 0 saturated heterocycles. The zero-order valence-corrected chi connectivity index (χ0v) is 10.4. The van der Waals surface area contributed by atoms with Gasteiger partial charge in [-0.2, -0.15) is 8.42 Å². The van der Waals surface area contributed by atoms with Crippen LogP contribution in [-0.2, 0) is 18.8 Å². The van der Waals surface area contributed by atoms with Crippen molar-refractivity contribution in [2.75, 3.05) is 0 Å². The van der Waals surface area contributed by atoms with Gasteiger partial charge in [-0.1, -0.05) is 0 Å². The highest BCUT2D eigenvalue weighted by Crippen LogP contribution is 2.20. The summed E-state index contributed by atoms with van der Waals surface area (Å²) in [6.07, 6.45) is 0.391. The van der Waals surface area contributed by atoms with Gasteiger partial charge in [-0.05, 0) is 33.5 Å². The molecular formula is C7H16O4SSi. The molecule has 0 aliphatic rings. The predicted octanol–water partition coefficient (Wildman–Crippen LogP) is 1.15. The Kier molecular flexibility index (Phi) is 3.45. The van der Waals surface area contributed by atoms with Gasteiger partial charge in [0.2, 0.25) is 8.32 Å². The van der Waals surface area contributed by atoms with E-state index >= 15 is 0 Å². The lowest BCUT2D eigenvalue weighted by molar-refractivity contribution is -0.109. The zero-order valence-electron chi connectivity index (χ0n) is 8.62. The minimum atomic E-state index is -3.77. The lowest BCUT2D eigenvalue weighted by atomic mass is 10.2. The maximum atomic E-state index is 11.5. The van der Waals surface area contributed by atoms with E-state index in [2.05, 4.69) is 0 Å². The van der Waals surface area contributed by atoms with Crippen LogP contribution in [0.3, 0.4) is 0 Å². The number of carbonyl (C=O) groups excluding carboxylic acids is 1. The highest BCUT2D eigenvalue weighted by atomic mass is 32.2. The fourth-order valence-corrected chi connectivity index (χ4v) is 4.11. The van der Waals surface area contributed by atoms with Gasteiger partial charge >= 0.3 is 0 Å². The lowest BCUT2D eigenvalue weighted by Crippen LogP contribution is -2.41. The van der Waals surface area contributed by atoms with Crippen LogP contribution in [0.1, 0.15) is 13.8 Å². The fraction of sp³-hybridized carbons (Fsp3) is 0.857. The van der Waals surface area contributed by atoms with Crippen LogP contribution in [0.5, 0.6) is 0 Å². The normalized spacial score (nSPS) is 14.2. The summed E-state index contributed by atoms with van der Waals surface area (Å²) in [5.41, 5.74) is 0. The molecule has 0 heterocycles. The van der Waals surface area contributed by atoms with Crippen molar-refractivity contribution in [3.8, 4) is 0 Å². The van der Waals surface area contributed by atoms with E-state index in [0.29, 0.717) is 6.29 Å². The lowest BCUT2D eigenvalue weighted by Gasteiger charge is -2.23. The van der Waals surface area contributed by atoms with E-state index in [-0.39, 0.29) is 0 Å². The zero-order chi connectivity index (χ0) is 10.9. The molecule has 6 heteroatoms. The molecular weight excluding hydrogens is 208 g/mol. The molecule has 0 N–H and O–H groups in total. The third kappa shape index (κ3) is 3.57. The summed E-state index contributed by atoms with van der Waals surface area (Å²) in [6.45, 7) is 7.92. The molecule has 0 aromatic rings. The molecule has 0 rings (SSSR count). The van der Waals surface area contributed by atoms with Gasteiger partial charge in [0.1, 0.15) is 11.0 Å². The first-order valence-electron chi connectivity index (χ1n) is 3.93. The molecule has 0 aliphatic heterocycles. The predicted molar refractivity (Wildman–Crippen MR) is 53.5 cm³/mol. The first kappa shape index (κ1) is 12.8. The van der Waals surface area contributed by atoms with E-state index in [1.807, 2.05) is 0 Å². The van der Waals surface area contributed by atoms with E-state index in [1.165, 1.54) is 13.8 Å². The maximum absolute atomic E-state index is 11.5. The summed E-state index contributed by atoms with van der Waals surface area (Å²) < 4.78 is 26.5. The molecule has 0 bridgehead atoms. The van der Waals surface area contributed by atoms with Crippen molar-refractivity contribution in [1.82, 2.24) is 0 Å². The van der Waals surface area contributed by atoms with E-state index in [0.717, 1.165) is 0 Å². The molecule has 13 heavy (non-hydrogen) atoms. The molecule has 0 fully saturated rings. The van der Waals surface area contributed by atoms with Gasteiger partial charge in [-0.3, -0.25) is 0 Å². The van der Waals surface area contributed by atoms with Gasteiger partial charge < -0.3 is 8.67 Å². The Morgan fingerprint density at radius 2 is 1.62 bits per heavy atom. The Morgan fingerprint density at radius 1 is 1.23 bits per heavy atom. The maximum Gasteiger partial charge on any atom is 0.269 e. The Bertz CT molecular complexity index is 286. The quantitative estimate of drug-likeness (QED) is 0.531. The van der Waals surface area contributed by atoms with Gasteiger partial charge in [0.25, 0.3) is 10.1 Å². The van der Waals surface area contributed by atoms with E-state index in [1.54, 1.807) is 19.6 Å². The SMILES string of the molecule is CC(C)(C=O)S(=O)(=O)O[Si](C)(C)C. The second-order valence-electron chi connectivity index (χ2n) is 4.37. The minimum absolute atomic E-state index is 0.391. The summed E-state index contributed by atoms with van der Waals surface area (Å²) in [6, 6.07) is 0. The molecule has 0 aromatic carbocycles. The van der Waals surface area contributed by atoms with E-state index in [9.17, 15) is 13.2 Å². The summed E-state index contributed by atoms with van der Waals surface area (Å²) >= 11 is 0. The Hall–Kier alpha value is -0.203. The highest BCUT2D eigenvalue weighted by Gasteiger charge is 2.38. The Balaban J connectivity index is 4.91. The van der Waals surface area contributed by atoms with E-state index in [4.69, 9.17) is 3.87 Å². The Labute approximate surface area is 80.5 Å². The largest absolute Gasteiger partial charge is 0.315 e. The molecule has 78 valence electrons. The molecule has 0 aliphatic carbocycles. The van der Waals surface area contributed by atoms with Crippen molar-refractivity contribution in [2.45, 2.75) is 38.2 Å². The average Bonchev–Trinajstić information content (AvgIpc) is 1.81. The number of hydrogen-bond donors (Lipinski definition) is 0. The molecule has 0 amide bonds. The third-order valence-corrected chi connectivity index (χ3v) is 5.55. The van der Waals surface area contributed by atoms with Gasteiger partial charge in [0.05, 0.1) is 0 Å². The van der Waals surface area contributed by atoms with Gasteiger partial charge in [0.15, 0.2) is 0 Å². The van der Waals surface area contributed by atoms with Gasteiger partial charge in [-0.15, -0.1) is 0 Å². The summed E-state index contributed by atoms with van der Waals surface area (Å²) in [5, 5.41) is 0. The van der Waals surface area contributed by atoms with Crippen molar-refractivity contribution >= 4 is 24.7 Å². The van der Waals surface area contributed by atoms with Gasteiger partial charge in [0, 0.05) is 0 Å². The topological polar surface area (TPSA) is 60.4 Å². The van der Waals surface area contributed by atoms with Crippen LogP contribution in [0.2, 0.25) is 19.6 Å². The van der Waals surface area contributed by atoms with Crippen molar-refractivity contribution in [1.29, 1.82) is 0 Å². The van der Waals surface area contributed by atoms with Crippen LogP contribution in [0.15, 0.2) is 0 Å². The van der Waals surface area contributed by atoms with Crippen molar-refractivity contribution in [2.24, 2.45) is 0 Å². The first-order valence-corrected chi connectivity index (χ1v) is 8.75. The molecule has 0 unspecified atom stereocenters. The molecule has 0 saturated carbocycles. The second kappa shape index (κ2) is 3.51. The molecule has 0 aromatic heterocycles. The van der Waals surface area contributed by atoms with Crippen LogP contribution in [0.25, 0.3) is 0 Å². The van der Waals surface area contributed by atoms with Crippen LogP contribution < -0.4 is 0 Å². The summed E-state index contributed by atoms with van der Waals surface area (Å²) in [4.78, 5) is 10.5. The molecule has 4 nitrogen and oxygen atoms in total. The first-order chi connectivity index (χ1) is 5.52. The summed E-state index contributed by atoms with van der Waals surface area (Å²) in [5.74, 6) is 0. The van der Waals surface area contributed by atoms with Crippen LogP contribution in [-0.4, -0.2) is 27.8 Å². The minimum Gasteiger partial charge on any atom is -0.315 e. The Morgan fingerprint density at radius 3 is 1.85 bits per heavy atom. The number of aldehydes is 1. The smallest absolute Gasteiger partial charge is 0.269 e. The monoisotopic (exact) mass is 224 g/mol. The highest BCUT2D eigenvalue weighted by molar-refractivity contribution is 7.89. The average molecular weight is 224 g/mol. The molecule has 0 atom stereocenters. The molecule has 0 radical (unpaired) electrons. The van der Waals surface area contributed by atoms with E-state index < -0.39 is 23.2 Å². The van der Waals surface area contributed by atoms with Crippen LogP contribution >= 0.6 is 0 Å². The van der Waals surface area contributed by atoms with Crippen LogP contribution in [0, 0.1) is 0 Å². The molecule has 0 spiro atoms. The van der Waals surface area contributed by atoms with Crippen molar-refractivity contribution in [3.63, 3.8) is 0 Å². The van der Waals surface area contributed by atoms with Crippen molar-refractivity contribution < 1.29 is 17.1 Å². The number of rotatable bonds is 4. The number of carbonyl (C=O) groups is 1. The van der Waals surface area contributed by atoms with Crippen molar-refractivity contribution in [3.05, 3.63) is 0 Å². The van der Waals surface area contributed by atoms with Crippen LogP contribution in [0.4, 0.5) is 0 Å².